The minimum atomic E-state index is -0.369. The van der Waals surface area contributed by atoms with Crippen molar-refractivity contribution >= 4 is 27.5 Å². The number of carbonyl (C=O) groups is 1. The molecule has 0 atom stereocenters. The molecular formula is C11H12N4O3S. The van der Waals surface area contributed by atoms with Gasteiger partial charge in [-0.3, -0.25) is 10.1 Å². The standard InChI is InChI=1S/C11H12N4O3S/c1-17-7-5-3-4-6(8(7)18-2)9(16)13-11-15-14-10(12)19-11/h3-5H,1-2H3,(H2,12,14)(H,13,15,16). The Morgan fingerprint density at radius 3 is 2.68 bits per heavy atom. The van der Waals surface area contributed by atoms with Crippen LogP contribution in [0.4, 0.5) is 10.3 Å². The largest absolute Gasteiger partial charge is 0.493 e. The average molecular weight is 280 g/mol. The molecule has 19 heavy (non-hydrogen) atoms. The number of nitrogens with two attached hydrogens (primary N) is 1. The van der Waals surface area contributed by atoms with Gasteiger partial charge in [-0.05, 0) is 12.1 Å². The Bertz CT molecular complexity index is 599. The van der Waals surface area contributed by atoms with E-state index in [-0.39, 0.29) is 11.0 Å². The van der Waals surface area contributed by atoms with Crippen LogP contribution in [0.5, 0.6) is 11.5 Å². The summed E-state index contributed by atoms with van der Waals surface area (Å²) in [7, 11) is 2.97. The van der Waals surface area contributed by atoms with Crippen LogP contribution in [0.1, 0.15) is 10.4 Å². The molecule has 7 nitrogen and oxygen atoms in total. The second-order valence-corrected chi connectivity index (χ2v) is 4.45. The third-order valence-electron chi connectivity index (χ3n) is 2.31. The quantitative estimate of drug-likeness (QED) is 0.878. The number of methoxy groups -OCH3 is 2. The molecule has 1 aromatic heterocycles. The molecule has 0 radical (unpaired) electrons. The van der Waals surface area contributed by atoms with Crippen LogP contribution < -0.4 is 20.5 Å². The van der Waals surface area contributed by atoms with E-state index in [1.54, 1.807) is 18.2 Å². The maximum absolute atomic E-state index is 12.1. The summed E-state index contributed by atoms with van der Waals surface area (Å²) in [4.78, 5) is 12.1. The predicted molar refractivity (Wildman–Crippen MR) is 71.8 cm³/mol. The molecule has 1 amide bonds. The highest BCUT2D eigenvalue weighted by molar-refractivity contribution is 7.19. The third kappa shape index (κ3) is 2.74. The number of hydrogen-bond donors (Lipinski definition) is 2. The number of nitrogens with one attached hydrogen (secondary N) is 1. The molecule has 0 saturated carbocycles. The van der Waals surface area contributed by atoms with Crippen LogP contribution in [0.2, 0.25) is 0 Å². The topological polar surface area (TPSA) is 99.4 Å². The number of rotatable bonds is 4. The first-order valence-electron chi connectivity index (χ1n) is 5.27. The van der Waals surface area contributed by atoms with Crippen LogP contribution >= 0.6 is 11.3 Å². The Morgan fingerprint density at radius 1 is 1.32 bits per heavy atom. The van der Waals surface area contributed by atoms with E-state index < -0.39 is 0 Å². The lowest BCUT2D eigenvalue weighted by molar-refractivity contribution is 0.102. The van der Waals surface area contributed by atoms with Crippen molar-refractivity contribution < 1.29 is 14.3 Å². The maximum atomic E-state index is 12.1. The molecule has 8 heteroatoms. The van der Waals surface area contributed by atoms with Gasteiger partial charge in [0.2, 0.25) is 10.3 Å². The lowest BCUT2D eigenvalue weighted by Gasteiger charge is -2.11. The minimum Gasteiger partial charge on any atom is -0.493 e. The third-order valence-corrected chi connectivity index (χ3v) is 2.98. The summed E-state index contributed by atoms with van der Waals surface area (Å²) in [5.74, 6) is 0.471. The Kier molecular flexibility index (Phi) is 3.81. The second-order valence-electron chi connectivity index (χ2n) is 3.44. The van der Waals surface area contributed by atoms with Gasteiger partial charge < -0.3 is 15.2 Å². The highest BCUT2D eigenvalue weighted by Gasteiger charge is 2.17. The van der Waals surface area contributed by atoms with Crippen LogP contribution in [0, 0.1) is 0 Å². The van der Waals surface area contributed by atoms with E-state index in [0.717, 1.165) is 11.3 Å². The summed E-state index contributed by atoms with van der Waals surface area (Å²) < 4.78 is 10.3. The number of aromatic nitrogens is 2. The molecule has 1 aromatic carbocycles. The van der Waals surface area contributed by atoms with Crippen molar-refractivity contribution in [2.45, 2.75) is 0 Å². The summed E-state index contributed by atoms with van der Waals surface area (Å²) in [6.45, 7) is 0. The van der Waals surface area contributed by atoms with E-state index in [0.29, 0.717) is 22.2 Å². The van der Waals surface area contributed by atoms with Crippen molar-refractivity contribution in [3.05, 3.63) is 23.8 Å². The summed E-state index contributed by atoms with van der Waals surface area (Å²) in [5, 5.41) is 10.5. The van der Waals surface area contributed by atoms with E-state index in [1.165, 1.54) is 14.2 Å². The van der Waals surface area contributed by atoms with Gasteiger partial charge in [-0.1, -0.05) is 17.4 Å². The molecule has 0 aliphatic rings. The first kappa shape index (κ1) is 13.1. The fraction of sp³-hybridized carbons (Fsp3) is 0.182. The van der Waals surface area contributed by atoms with Gasteiger partial charge in [0.15, 0.2) is 11.5 Å². The normalized spacial score (nSPS) is 10.0. The molecule has 1 heterocycles. The lowest BCUT2D eigenvalue weighted by atomic mass is 10.1. The Hall–Kier alpha value is -2.35. The van der Waals surface area contributed by atoms with Gasteiger partial charge in [0.05, 0.1) is 19.8 Å². The number of para-hydroxylation sites is 1. The average Bonchev–Trinajstić information content (AvgIpc) is 2.82. The van der Waals surface area contributed by atoms with Gasteiger partial charge in [-0.25, -0.2) is 0 Å². The minimum absolute atomic E-state index is 0.285. The molecule has 0 fully saturated rings. The highest BCUT2D eigenvalue weighted by atomic mass is 32.1. The van der Waals surface area contributed by atoms with Gasteiger partial charge in [0.1, 0.15) is 0 Å². The molecule has 0 bridgehead atoms. The van der Waals surface area contributed by atoms with Crippen molar-refractivity contribution in [3.8, 4) is 11.5 Å². The van der Waals surface area contributed by atoms with Gasteiger partial charge in [0.25, 0.3) is 5.91 Å². The summed E-state index contributed by atoms with van der Waals surface area (Å²) >= 11 is 1.09. The molecule has 0 saturated heterocycles. The molecule has 2 rings (SSSR count). The molecule has 0 unspecified atom stereocenters. The molecule has 0 aliphatic heterocycles. The zero-order chi connectivity index (χ0) is 13.8. The number of amides is 1. The SMILES string of the molecule is COc1cccc(C(=O)Nc2nnc(N)s2)c1OC. The highest BCUT2D eigenvalue weighted by Crippen LogP contribution is 2.31. The van der Waals surface area contributed by atoms with E-state index in [9.17, 15) is 4.79 Å². The van der Waals surface area contributed by atoms with Crippen molar-refractivity contribution in [3.63, 3.8) is 0 Å². The molecule has 2 aromatic rings. The fourth-order valence-corrected chi connectivity index (χ4v) is 2.02. The number of ether oxygens (including phenoxy) is 2. The number of benzene rings is 1. The van der Waals surface area contributed by atoms with Crippen LogP contribution in [-0.2, 0) is 0 Å². The van der Waals surface area contributed by atoms with E-state index in [2.05, 4.69) is 15.5 Å². The zero-order valence-corrected chi connectivity index (χ0v) is 11.2. The smallest absolute Gasteiger partial charge is 0.261 e. The van der Waals surface area contributed by atoms with Crippen molar-refractivity contribution in [1.82, 2.24) is 10.2 Å². The van der Waals surface area contributed by atoms with Gasteiger partial charge in [-0.15, -0.1) is 10.2 Å². The summed E-state index contributed by atoms with van der Waals surface area (Å²) in [6, 6.07) is 5.03. The van der Waals surface area contributed by atoms with Crippen molar-refractivity contribution in [2.75, 3.05) is 25.3 Å². The van der Waals surface area contributed by atoms with Gasteiger partial charge >= 0.3 is 0 Å². The first-order valence-corrected chi connectivity index (χ1v) is 6.08. The fourth-order valence-electron chi connectivity index (χ4n) is 1.52. The van der Waals surface area contributed by atoms with Gasteiger partial charge in [-0.2, -0.15) is 0 Å². The second kappa shape index (κ2) is 5.53. The number of nitrogen functional groups attached to an aromatic ring is 1. The first-order chi connectivity index (χ1) is 9.15. The number of nitrogens with zero attached hydrogens (tertiary/aromatic N) is 2. The molecule has 0 spiro atoms. The molecule has 0 aliphatic carbocycles. The Labute approximate surface area is 113 Å². The molecule has 3 N–H and O–H groups in total. The lowest BCUT2D eigenvalue weighted by Crippen LogP contribution is -2.13. The van der Waals surface area contributed by atoms with Crippen LogP contribution in [-0.4, -0.2) is 30.3 Å². The summed E-state index contributed by atoms with van der Waals surface area (Å²) in [5.41, 5.74) is 5.79. The van der Waals surface area contributed by atoms with Crippen LogP contribution in [0.3, 0.4) is 0 Å². The van der Waals surface area contributed by atoms with Gasteiger partial charge in [0, 0.05) is 0 Å². The van der Waals surface area contributed by atoms with Crippen molar-refractivity contribution in [1.29, 1.82) is 0 Å². The Balaban J connectivity index is 2.28. The van der Waals surface area contributed by atoms with Crippen LogP contribution in [0.25, 0.3) is 0 Å². The van der Waals surface area contributed by atoms with E-state index in [4.69, 9.17) is 15.2 Å². The van der Waals surface area contributed by atoms with Crippen molar-refractivity contribution in [2.24, 2.45) is 0 Å². The molecular weight excluding hydrogens is 268 g/mol. The number of carbonyl (C=O) groups excluding carboxylic acids is 1. The van der Waals surface area contributed by atoms with E-state index in [1.807, 2.05) is 0 Å². The predicted octanol–water partition coefficient (Wildman–Crippen LogP) is 1.39. The Morgan fingerprint density at radius 2 is 2.11 bits per heavy atom. The molecule has 100 valence electrons. The number of anilines is 2. The van der Waals surface area contributed by atoms with E-state index >= 15 is 0 Å². The maximum Gasteiger partial charge on any atom is 0.261 e. The monoisotopic (exact) mass is 280 g/mol. The van der Waals surface area contributed by atoms with Crippen LogP contribution in [0.15, 0.2) is 18.2 Å². The summed E-state index contributed by atoms with van der Waals surface area (Å²) in [6.07, 6.45) is 0. The zero-order valence-electron chi connectivity index (χ0n) is 10.3. The number of hydrogen-bond acceptors (Lipinski definition) is 7.